The number of nitrogens with two attached hydrogens (primary N) is 1. The molecule has 6 nitrogen and oxygen atoms in total. The van der Waals surface area contributed by atoms with Gasteiger partial charge in [0.15, 0.2) is 0 Å². The van der Waals surface area contributed by atoms with E-state index in [0.29, 0.717) is 24.9 Å². The summed E-state index contributed by atoms with van der Waals surface area (Å²) in [5.41, 5.74) is 5.45. The first-order valence-electron chi connectivity index (χ1n) is 5.93. The Morgan fingerprint density at radius 2 is 2.33 bits per heavy atom. The van der Waals surface area contributed by atoms with Crippen LogP contribution in [-0.2, 0) is 4.74 Å². The molecule has 7 heteroatoms. The Bertz CT molecular complexity index is 380. The van der Waals surface area contributed by atoms with Crippen LogP contribution in [0.3, 0.4) is 0 Å². The Balaban J connectivity index is 1.68. The Morgan fingerprint density at radius 3 is 3.00 bits per heavy atom. The van der Waals surface area contributed by atoms with Gasteiger partial charge in [-0.15, -0.1) is 0 Å². The lowest BCUT2D eigenvalue weighted by molar-refractivity contribution is 0.0386. The number of nitrogen functional groups attached to an aromatic ring is 1. The van der Waals surface area contributed by atoms with Crippen molar-refractivity contribution in [2.24, 2.45) is 5.92 Å². The average Bonchev–Trinajstić information content (AvgIpc) is 3.09. The number of anilines is 2. The lowest BCUT2D eigenvalue weighted by Gasteiger charge is -2.12. The number of rotatable bonds is 7. The van der Waals surface area contributed by atoms with Crippen molar-refractivity contribution < 1.29 is 9.84 Å². The largest absolute Gasteiger partial charge is 0.389 e. The molecule has 1 aliphatic carbocycles. The number of hydrogen-bond acceptors (Lipinski definition) is 6. The number of aliphatic hydroxyl groups is 1. The van der Waals surface area contributed by atoms with Gasteiger partial charge in [-0.2, -0.15) is 4.98 Å². The fraction of sp³-hybridized carbons (Fsp3) is 0.636. The van der Waals surface area contributed by atoms with Gasteiger partial charge in [-0.25, -0.2) is 4.98 Å². The molecule has 0 saturated heterocycles. The first kappa shape index (κ1) is 13.3. The van der Waals surface area contributed by atoms with Crippen LogP contribution in [0.15, 0.2) is 6.07 Å². The zero-order chi connectivity index (χ0) is 13.0. The second kappa shape index (κ2) is 6.17. The Morgan fingerprint density at radius 1 is 1.56 bits per heavy atom. The van der Waals surface area contributed by atoms with Crippen molar-refractivity contribution in [3.8, 4) is 0 Å². The third kappa shape index (κ3) is 4.64. The summed E-state index contributed by atoms with van der Waals surface area (Å²) in [4.78, 5) is 7.69. The predicted molar refractivity (Wildman–Crippen MR) is 69.5 cm³/mol. The fourth-order valence-electron chi connectivity index (χ4n) is 1.46. The number of nitrogens with zero attached hydrogens (tertiary/aromatic N) is 2. The lowest BCUT2D eigenvalue weighted by Crippen LogP contribution is -2.25. The van der Waals surface area contributed by atoms with E-state index in [1.54, 1.807) is 6.07 Å². The summed E-state index contributed by atoms with van der Waals surface area (Å²) >= 11 is 5.73. The molecule has 0 aliphatic heterocycles. The second-order valence-electron chi connectivity index (χ2n) is 4.45. The van der Waals surface area contributed by atoms with Gasteiger partial charge in [0, 0.05) is 19.2 Å². The second-order valence-corrected chi connectivity index (χ2v) is 4.84. The minimum absolute atomic E-state index is 0.101. The smallest absolute Gasteiger partial charge is 0.223 e. The van der Waals surface area contributed by atoms with E-state index in [4.69, 9.17) is 22.1 Å². The van der Waals surface area contributed by atoms with Crippen LogP contribution >= 0.6 is 11.6 Å². The van der Waals surface area contributed by atoms with Gasteiger partial charge in [0.05, 0.1) is 12.7 Å². The first-order valence-corrected chi connectivity index (χ1v) is 6.31. The number of halogens is 1. The number of aliphatic hydroxyl groups excluding tert-OH is 1. The molecule has 1 atom stereocenters. The zero-order valence-corrected chi connectivity index (χ0v) is 10.7. The van der Waals surface area contributed by atoms with E-state index in [2.05, 4.69) is 15.3 Å². The molecule has 0 bridgehead atoms. The molecule has 1 aromatic rings. The van der Waals surface area contributed by atoms with Crippen molar-refractivity contribution in [3.05, 3.63) is 11.2 Å². The highest BCUT2D eigenvalue weighted by Gasteiger charge is 2.21. The lowest BCUT2D eigenvalue weighted by atomic mass is 10.3. The van der Waals surface area contributed by atoms with E-state index in [0.717, 1.165) is 6.61 Å². The number of nitrogens with one attached hydrogen (secondary N) is 1. The molecule has 0 aromatic carbocycles. The molecule has 0 unspecified atom stereocenters. The molecule has 2 rings (SSSR count). The maximum atomic E-state index is 9.69. The molecule has 1 heterocycles. The predicted octanol–water partition coefficient (Wildman–Crippen LogP) is 0.912. The van der Waals surface area contributed by atoms with E-state index in [-0.39, 0.29) is 11.1 Å². The average molecular weight is 273 g/mol. The fourth-order valence-corrected chi connectivity index (χ4v) is 1.65. The van der Waals surface area contributed by atoms with Gasteiger partial charge in [0.1, 0.15) is 11.0 Å². The van der Waals surface area contributed by atoms with E-state index < -0.39 is 6.10 Å². The highest BCUT2D eigenvalue weighted by molar-refractivity contribution is 6.29. The first-order chi connectivity index (χ1) is 8.63. The van der Waals surface area contributed by atoms with Crippen LogP contribution in [0.5, 0.6) is 0 Å². The molecule has 4 N–H and O–H groups in total. The molecule has 18 heavy (non-hydrogen) atoms. The molecule has 1 saturated carbocycles. The van der Waals surface area contributed by atoms with Gasteiger partial charge < -0.3 is 20.9 Å². The monoisotopic (exact) mass is 272 g/mol. The summed E-state index contributed by atoms with van der Waals surface area (Å²) in [6.07, 6.45) is 1.90. The minimum atomic E-state index is -0.585. The summed E-state index contributed by atoms with van der Waals surface area (Å²) in [7, 11) is 0. The summed E-state index contributed by atoms with van der Waals surface area (Å²) in [5, 5.41) is 12.9. The van der Waals surface area contributed by atoms with Crippen molar-refractivity contribution in [1.29, 1.82) is 0 Å². The summed E-state index contributed by atoms with van der Waals surface area (Å²) in [6, 6.07) is 1.55. The van der Waals surface area contributed by atoms with Gasteiger partial charge >= 0.3 is 0 Å². The summed E-state index contributed by atoms with van der Waals surface area (Å²) < 4.78 is 5.38. The van der Waals surface area contributed by atoms with Crippen LogP contribution < -0.4 is 11.1 Å². The quantitative estimate of drug-likeness (QED) is 0.639. The summed E-state index contributed by atoms with van der Waals surface area (Å²) in [6.45, 7) is 1.39. The van der Waals surface area contributed by atoms with Crippen molar-refractivity contribution >= 4 is 23.4 Å². The highest BCUT2D eigenvalue weighted by atomic mass is 35.5. The van der Waals surface area contributed by atoms with Gasteiger partial charge in [-0.1, -0.05) is 11.6 Å². The van der Waals surface area contributed by atoms with E-state index in [9.17, 15) is 5.11 Å². The van der Waals surface area contributed by atoms with Gasteiger partial charge in [0.2, 0.25) is 5.95 Å². The number of hydrogen-bond donors (Lipinski definition) is 3. The molecule has 100 valence electrons. The van der Waals surface area contributed by atoms with Crippen LogP contribution in [0.4, 0.5) is 11.8 Å². The van der Waals surface area contributed by atoms with E-state index in [1.807, 2.05) is 0 Å². The molecule has 0 spiro atoms. The number of aromatic nitrogens is 2. The summed E-state index contributed by atoms with van der Waals surface area (Å²) in [5.74, 6) is 1.30. The maximum Gasteiger partial charge on any atom is 0.223 e. The van der Waals surface area contributed by atoms with Crippen molar-refractivity contribution in [1.82, 2.24) is 9.97 Å². The van der Waals surface area contributed by atoms with Crippen LogP contribution in [0.1, 0.15) is 12.8 Å². The SMILES string of the molecule is Nc1nc(Cl)cc(NC[C@H](O)COCC2CC2)n1. The molecule has 1 aliphatic rings. The van der Waals surface area contributed by atoms with Crippen LogP contribution in [-0.4, -0.2) is 40.9 Å². The topological polar surface area (TPSA) is 93.3 Å². The van der Waals surface area contributed by atoms with E-state index in [1.165, 1.54) is 12.8 Å². The van der Waals surface area contributed by atoms with Crippen LogP contribution in [0.2, 0.25) is 5.15 Å². The molecule has 1 aromatic heterocycles. The van der Waals surface area contributed by atoms with Crippen molar-refractivity contribution in [2.45, 2.75) is 18.9 Å². The normalized spacial score (nSPS) is 16.6. The maximum absolute atomic E-state index is 9.69. The molecule has 1 fully saturated rings. The molecule has 0 amide bonds. The minimum Gasteiger partial charge on any atom is -0.389 e. The molecular weight excluding hydrogens is 256 g/mol. The van der Waals surface area contributed by atoms with Crippen molar-refractivity contribution in [2.75, 3.05) is 30.8 Å². The van der Waals surface area contributed by atoms with Gasteiger partial charge in [-0.3, -0.25) is 0 Å². The van der Waals surface area contributed by atoms with Gasteiger partial charge in [-0.05, 0) is 18.8 Å². The van der Waals surface area contributed by atoms with Crippen LogP contribution in [0.25, 0.3) is 0 Å². The van der Waals surface area contributed by atoms with Gasteiger partial charge in [0.25, 0.3) is 0 Å². The zero-order valence-electron chi connectivity index (χ0n) is 9.97. The number of ether oxygens (including phenoxy) is 1. The Labute approximate surface area is 111 Å². The third-order valence-electron chi connectivity index (χ3n) is 2.59. The highest BCUT2D eigenvalue weighted by Crippen LogP contribution is 2.28. The molecule has 0 radical (unpaired) electrons. The standard InChI is InChI=1S/C11H17ClN4O2/c12-9-3-10(16-11(13)15-9)14-4-8(17)6-18-5-7-1-2-7/h3,7-8,17H,1-2,4-6H2,(H3,13,14,15,16)/t8-/m0/s1. The van der Waals surface area contributed by atoms with E-state index >= 15 is 0 Å². The Kier molecular flexibility index (Phi) is 4.57. The van der Waals surface area contributed by atoms with Crippen LogP contribution in [0, 0.1) is 5.92 Å². The third-order valence-corrected chi connectivity index (χ3v) is 2.79. The van der Waals surface area contributed by atoms with Crippen molar-refractivity contribution in [3.63, 3.8) is 0 Å². The molecular formula is C11H17ClN4O2. The Hall–Kier alpha value is -1.11.